The number of hydrogen-bond donors (Lipinski definition) is 1. The number of fused-ring (bicyclic) bond motifs is 1. The molecule has 0 aliphatic heterocycles. The van der Waals surface area contributed by atoms with E-state index in [4.69, 9.17) is 0 Å². The zero-order valence-electron chi connectivity index (χ0n) is 10.00. The minimum Gasteiger partial charge on any atom is -0.377 e. The Bertz CT molecular complexity index is 744. The second-order valence-electron chi connectivity index (χ2n) is 3.96. The van der Waals surface area contributed by atoms with Crippen molar-refractivity contribution in [3.05, 3.63) is 52.6 Å². The molecule has 0 fully saturated rings. The first-order chi connectivity index (χ1) is 9.38. The fourth-order valence-electron chi connectivity index (χ4n) is 1.92. The SMILES string of the molecule is N#Cc1cnc2ccccc2c1NCc1nccs1. The molecule has 0 radical (unpaired) electrons. The lowest BCUT2D eigenvalue weighted by atomic mass is 10.1. The van der Waals surface area contributed by atoms with E-state index >= 15 is 0 Å². The second kappa shape index (κ2) is 5.04. The minimum atomic E-state index is 0.551. The Kier molecular flexibility index (Phi) is 3.09. The largest absolute Gasteiger partial charge is 0.377 e. The van der Waals surface area contributed by atoms with Crippen LogP contribution in [0.15, 0.2) is 42.0 Å². The van der Waals surface area contributed by atoms with Crippen molar-refractivity contribution in [2.24, 2.45) is 0 Å². The third kappa shape index (κ3) is 2.26. The van der Waals surface area contributed by atoms with E-state index in [0.717, 1.165) is 21.6 Å². The summed E-state index contributed by atoms with van der Waals surface area (Å²) in [7, 11) is 0. The molecule has 5 heteroatoms. The quantitative estimate of drug-likeness (QED) is 0.791. The van der Waals surface area contributed by atoms with Crippen LogP contribution in [0.2, 0.25) is 0 Å². The molecule has 0 atom stereocenters. The fraction of sp³-hybridized carbons (Fsp3) is 0.0714. The molecule has 0 amide bonds. The number of anilines is 1. The van der Waals surface area contributed by atoms with Crippen LogP contribution in [0.5, 0.6) is 0 Å². The molecule has 19 heavy (non-hydrogen) atoms. The van der Waals surface area contributed by atoms with E-state index in [9.17, 15) is 5.26 Å². The first kappa shape index (κ1) is 11.6. The van der Waals surface area contributed by atoms with Gasteiger partial charge in [0.1, 0.15) is 11.1 Å². The Morgan fingerprint density at radius 2 is 2.16 bits per heavy atom. The standard InChI is InChI=1S/C14H10N4S/c15-7-10-8-17-12-4-2-1-3-11(12)14(10)18-9-13-16-5-6-19-13/h1-6,8H,9H2,(H,17,18). The molecule has 92 valence electrons. The van der Waals surface area contributed by atoms with Gasteiger partial charge in [-0.25, -0.2) is 4.98 Å². The van der Waals surface area contributed by atoms with E-state index in [0.29, 0.717) is 12.1 Å². The lowest BCUT2D eigenvalue weighted by molar-refractivity contribution is 1.10. The maximum absolute atomic E-state index is 9.19. The highest BCUT2D eigenvalue weighted by atomic mass is 32.1. The van der Waals surface area contributed by atoms with Gasteiger partial charge in [-0.1, -0.05) is 18.2 Å². The highest BCUT2D eigenvalue weighted by Crippen LogP contribution is 2.25. The number of thiazole rings is 1. The van der Waals surface area contributed by atoms with Crippen LogP contribution in [0.1, 0.15) is 10.6 Å². The summed E-state index contributed by atoms with van der Waals surface area (Å²) in [6.45, 7) is 0.611. The number of para-hydroxylation sites is 1. The van der Waals surface area contributed by atoms with E-state index in [1.54, 1.807) is 23.7 Å². The second-order valence-corrected chi connectivity index (χ2v) is 4.93. The zero-order valence-corrected chi connectivity index (χ0v) is 10.8. The first-order valence-corrected chi connectivity index (χ1v) is 6.66. The lowest BCUT2D eigenvalue weighted by Crippen LogP contribution is -2.02. The summed E-state index contributed by atoms with van der Waals surface area (Å²) < 4.78 is 0. The molecule has 0 spiro atoms. The van der Waals surface area contributed by atoms with Crippen molar-refractivity contribution in [1.82, 2.24) is 9.97 Å². The van der Waals surface area contributed by atoms with Gasteiger partial charge in [0.15, 0.2) is 0 Å². The Morgan fingerprint density at radius 1 is 1.26 bits per heavy atom. The summed E-state index contributed by atoms with van der Waals surface area (Å²) in [6, 6.07) is 9.96. The molecule has 2 aromatic heterocycles. The van der Waals surface area contributed by atoms with Crippen LogP contribution in [0, 0.1) is 11.3 Å². The Balaban J connectivity index is 2.02. The summed E-state index contributed by atoms with van der Waals surface area (Å²) in [5.41, 5.74) is 2.25. The van der Waals surface area contributed by atoms with Crippen LogP contribution in [-0.4, -0.2) is 9.97 Å². The monoisotopic (exact) mass is 266 g/mol. The van der Waals surface area contributed by atoms with Gasteiger partial charge in [0.05, 0.1) is 23.3 Å². The van der Waals surface area contributed by atoms with Crippen molar-refractivity contribution in [1.29, 1.82) is 5.26 Å². The number of nitrogens with zero attached hydrogens (tertiary/aromatic N) is 3. The van der Waals surface area contributed by atoms with Crippen LogP contribution < -0.4 is 5.32 Å². The average molecular weight is 266 g/mol. The lowest BCUT2D eigenvalue weighted by Gasteiger charge is -2.09. The van der Waals surface area contributed by atoms with E-state index in [-0.39, 0.29) is 0 Å². The highest BCUT2D eigenvalue weighted by molar-refractivity contribution is 7.09. The van der Waals surface area contributed by atoms with Gasteiger partial charge in [-0.05, 0) is 6.07 Å². The minimum absolute atomic E-state index is 0.551. The zero-order chi connectivity index (χ0) is 13.1. The number of hydrogen-bond acceptors (Lipinski definition) is 5. The van der Waals surface area contributed by atoms with E-state index in [1.807, 2.05) is 29.6 Å². The van der Waals surface area contributed by atoms with Crippen molar-refractivity contribution in [2.45, 2.75) is 6.54 Å². The van der Waals surface area contributed by atoms with Gasteiger partial charge >= 0.3 is 0 Å². The van der Waals surface area contributed by atoms with Gasteiger partial charge in [0, 0.05) is 23.2 Å². The summed E-state index contributed by atoms with van der Waals surface area (Å²) in [5, 5.41) is 16.4. The molecule has 2 heterocycles. The third-order valence-electron chi connectivity index (χ3n) is 2.80. The van der Waals surface area contributed by atoms with Gasteiger partial charge in [0.25, 0.3) is 0 Å². The molecule has 0 saturated heterocycles. The maximum atomic E-state index is 9.19. The van der Waals surface area contributed by atoms with Gasteiger partial charge in [0.2, 0.25) is 0 Å². The number of benzene rings is 1. The molecule has 0 bridgehead atoms. The van der Waals surface area contributed by atoms with Crippen LogP contribution in [0.25, 0.3) is 10.9 Å². The Labute approximate surface area is 114 Å². The summed E-state index contributed by atoms with van der Waals surface area (Å²) in [4.78, 5) is 8.51. The number of nitrogens with one attached hydrogen (secondary N) is 1. The highest BCUT2D eigenvalue weighted by Gasteiger charge is 2.08. The Morgan fingerprint density at radius 3 is 2.95 bits per heavy atom. The molecule has 1 N–H and O–H groups in total. The molecule has 1 aromatic carbocycles. The predicted octanol–water partition coefficient (Wildman–Crippen LogP) is 3.18. The van der Waals surface area contributed by atoms with Crippen molar-refractivity contribution in [2.75, 3.05) is 5.32 Å². The molecule has 0 saturated carbocycles. The normalized spacial score (nSPS) is 10.3. The molecule has 0 unspecified atom stereocenters. The van der Waals surface area contributed by atoms with Gasteiger partial charge in [-0.15, -0.1) is 11.3 Å². The number of rotatable bonds is 3. The van der Waals surface area contributed by atoms with E-state index < -0.39 is 0 Å². The first-order valence-electron chi connectivity index (χ1n) is 5.78. The van der Waals surface area contributed by atoms with Gasteiger partial charge < -0.3 is 5.32 Å². The van der Waals surface area contributed by atoms with E-state index in [2.05, 4.69) is 21.4 Å². The molecule has 3 rings (SSSR count). The molecule has 3 aromatic rings. The summed E-state index contributed by atoms with van der Waals surface area (Å²) >= 11 is 1.59. The predicted molar refractivity (Wildman–Crippen MR) is 75.9 cm³/mol. The van der Waals surface area contributed by atoms with Crippen molar-refractivity contribution < 1.29 is 0 Å². The van der Waals surface area contributed by atoms with Crippen LogP contribution in [0.4, 0.5) is 5.69 Å². The smallest absolute Gasteiger partial charge is 0.112 e. The molecule has 4 nitrogen and oxygen atoms in total. The number of aromatic nitrogens is 2. The van der Waals surface area contributed by atoms with Crippen molar-refractivity contribution in [3.63, 3.8) is 0 Å². The molecular formula is C14H10N4S. The van der Waals surface area contributed by atoms with E-state index in [1.165, 1.54) is 0 Å². The average Bonchev–Trinajstić information content (AvgIpc) is 2.97. The van der Waals surface area contributed by atoms with Crippen LogP contribution in [0.3, 0.4) is 0 Å². The van der Waals surface area contributed by atoms with Gasteiger partial charge in [-0.3, -0.25) is 4.98 Å². The fourth-order valence-corrected chi connectivity index (χ4v) is 2.48. The molecule has 0 aliphatic carbocycles. The summed E-state index contributed by atoms with van der Waals surface area (Å²) in [5.74, 6) is 0. The topological polar surface area (TPSA) is 61.6 Å². The van der Waals surface area contributed by atoms with Gasteiger partial charge in [-0.2, -0.15) is 5.26 Å². The van der Waals surface area contributed by atoms with Crippen molar-refractivity contribution >= 4 is 27.9 Å². The Hall–Kier alpha value is -2.45. The van der Waals surface area contributed by atoms with Crippen LogP contribution in [-0.2, 0) is 6.54 Å². The van der Waals surface area contributed by atoms with Crippen molar-refractivity contribution in [3.8, 4) is 6.07 Å². The third-order valence-corrected chi connectivity index (χ3v) is 3.58. The molecular weight excluding hydrogens is 256 g/mol. The van der Waals surface area contributed by atoms with Crippen LogP contribution >= 0.6 is 11.3 Å². The maximum Gasteiger partial charge on any atom is 0.112 e. The number of pyridine rings is 1. The molecule has 0 aliphatic rings. The number of nitriles is 1. The summed E-state index contributed by atoms with van der Waals surface area (Å²) in [6.07, 6.45) is 3.38.